The third-order valence-electron chi connectivity index (χ3n) is 3.61. The van der Waals surface area contributed by atoms with Crippen molar-refractivity contribution in [2.24, 2.45) is 0 Å². The van der Waals surface area contributed by atoms with Gasteiger partial charge in [0.15, 0.2) is 6.61 Å². The summed E-state index contributed by atoms with van der Waals surface area (Å²) in [6.07, 6.45) is 1.67. The van der Waals surface area contributed by atoms with Crippen LogP contribution in [0.15, 0.2) is 29.2 Å². The molecule has 1 saturated heterocycles. The van der Waals surface area contributed by atoms with Gasteiger partial charge in [-0.05, 0) is 37.1 Å². The zero-order valence-corrected chi connectivity index (χ0v) is 14.5. The molecule has 136 valence electrons. The van der Waals surface area contributed by atoms with Gasteiger partial charge >= 0.3 is 12.0 Å². The summed E-state index contributed by atoms with van der Waals surface area (Å²) in [4.78, 5) is 34.2. The van der Waals surface area contributed by atoms with Crippen molar-refractivity contribution < 1.29 is 27.5 Å². The predicted molar refractivity (Wildman–Crippen MR) is 87.3 cm³/mol. The molecule has 1 aromatic carbocycles. The van der Waals surface area contributed by atoms with Gasteiger partial charge in [-0.3, -0.25) is 10.1 Å². The van der Waals surface area contributed by atoms with Crippen LogP contribution in [-0.4, -0.2) is 57.4 Å². The normalized spacial score (nSPS) is 14.8. The number of nitrogens with one attached hydrogen (secondary N) is 2. The van der Waals surface area contributed by atoms with Gasteiger partial charge in [0.1, 0.15) is 0 Å². The standard InChI is InChI=1S/C15H19N3O6S/c1-16-15(21)17-13(19)10-24-14(20)11-4-6-12(7-5-11)25(22,23)18-8-2-3-9-18/h4-7H,2-3,8-10H2,1H3,(H2,16,17,19,21). The monoisotopic (exact) mass is 369 g/mol. The average Bonchev–Trinajstić information content (AvgIpc) is 3.15. The van der Waals surface area contributed by atoms with E-state index < -0.39 is 34.5 Å². The van der Waals surface area contributed by atoms with E-state index in [2.05, 4.69) is 5.32 Å². The fraction of sp³-hybridized carbons (Fsp3) is 0.400. The second kappa shape index (κ2) is 8.08. The third kappa shape index (κ3) is 4.77. The Balaban J connectivity index is 1.96. The fourth-order valence-electron chi connectivity index (χ4n) is 2.28. The van der Waals surface area contributed by atoms with Crippen LogP contribution in [-0.2, 0) is 19.6 Å². The van der Waals surface area contributed by atoms with Crippen LogP contribution in [0.25, 0.3) is 0 Å². The highest BCUT2D eigenvalue weighted by molar-refractivity contribution is 7.89. The SMILES string of the molecule is CNC(=O)NC(=O)COC(=O)c1ccc(S(=O)(=O)N2CCCC2)cc1. The molecule has 2 N–H and O–H groups in total. The lowest BCUT2D eigenvalue weighted by molar-refractivity contribution is -0.123. The maximum Gasteiger partial charge on any atom is 0.338 e. The molecule has 0 saturated carbocycles. The van der Waals surface area contributed by atoms with Gasteiger partial charge < -0.3 is 10.1 Å². The molecule has 1 aliphatic heterocycles. The molecule has 1 aliphatic rings. The van der Waals surface area contributed by atoms with E-state index >= 15 is 0 Å². The number of hydrogen-bond donors (Lipinski definition) is 2. The van der Waals surface area contributed by atoms with Gasteiger partial charge in [0.2, 0.25) is 10.0 Å². The van der Waals surface area contributed by atoms with Crippen molar-refractivity contribution in [3.63, 3.8) is 0 Å². The third-order valence-corrected chi connectivity index (χ3v) is 5.52. The molecule has 0 spiro atoms. The van der Waals surface area contributed by atoms with Crippen LogP contribution >= 0.6 is 0 Å². The van der Waals surface area contributed by atoms with Gasteiger partial charge in [0, 0.05) is 20.1 Å². The number of carbonyl (C=O) groups is 3. The molecule has 1 fully saturated rings. The van der Waals surface area contributed by atoms with E-state index in [0.29, 0.717) is 13.1 Å². The molecule has 2 rings (SSSR count). The summed E-state index contributed by atoms with van der Waals surface area (Å²) in [5.41, 5.74) is 0.105. The molecule has 3 amide bonds. The Bertz CT molecular complexity index is 754. The van der Waals surface area contributed by atoms with Crippen LogP contribution in [0.5, 0.6) is 0 Å². The maximum atomic E-state index is 12.4. The molecular weight excluding hydrogens is 350 g/mol. The number of nitrogens with zero attached hydrogens (tertiary/aromatic N) is 1. The highest BCUT2D eigenvalue weighted by atomic mass is 32.2. The lowest BCUT2D eigenvalue weighted by Crippen LogP contribution is -2.39. The van der Waals surface area contributed by atoms with Crippen molar-refractivity contribution in [2.75, 3.05) is 26.7 Å². The number of esters is 1. The lowest BCUT2D eigenvalue weighted by atomic mass is 10.2. The van der Waals surface area contributed by atoms with Gasteiger partial charge in [-0.1, -0.05) is 0 Å². The van der Waals surface area contributed by atoms with Gasteiger partial charge in [0.25, 0.3) is 5.91 Å². The van der Waals surface area contributed by atoms with Crippen LogP contribution in [0.1, 0.15) is 23.2 Å². The van der Waals surface area contributed by atoms with Crippen LogP contribution in [0, 0.1) is 0 Å². The number of carbonyl (C=O) groups excluding carboxylic acids is 3. The Morgan fingerprint density at radius 3 is 2.28 bits per heavy atom. The van der Waals surface area contributed by atoms with Crippen molar-refractivity contribution in [1.29, 1.82) is 0 Å². The topological polar surface area (TPSA) is 122 Å². The van der Waals surface area contributed by atoms with Gasteiger partial charge in [-0.25, -0.2) is 18.0 Å². The first-order valence-electron chi connectivity index (χ1n) is 7.63. The maximum absolute atomic E-state index is 12.4. The quantitative estimate of drug-likeness (QED) is 0.709. The Morgan fingerprint density at radius 1 is 1.12 bits per heavy atom. The fourth-order valence-corrected chi connectivity index (χ4v) is 3.80. The summed E-state index contributed by atoms with van der Waals surface area (Å²) >= 11 is 0. The van der Waals surface area contributed by atoms with E-state index in [9.17, 15) is 22.8 Å². The largest absolute Gasteiger partial charge is 0.452 e. The van der Waals surface area contributed by atoms with Gasteiger partial charge in [-0.15, -0.1) is 0 Å². The lowest BCUT2D eigenvalue weighted by Gasteiger charge is -2.15. The summed E-state index contributed by atoms with van der Waals surface area (Å²) in [5.74, 6) is -1.57. The van der Waals surface area contributed by atoms with Crippen LogP contribution in [0.2, 0.25) is 0 Å². The summed E-state index contributed by atoms with van der Waals surface area (Å²) < 4.78 is 30.9. The van der Waals surface area contributed by atoms with E-state index in [-0.39, 0.29) is 10.5 Å². The number of hydrogen-bond acceptors (Lipinski definition) is 6. The number of benzene rings is 1. The summed E-state index contributed by atoms with van der Waals surface area (Å²) in [5, 5.41) is 4.13. The van der Waals surface area contributed by atoms with Crippen LogP contribution in [0.4, 0.5) is 4.79 Å². The summed E-state index contributed by atoms with van der Waals surface area (Å²) in [7, 11) is -2.21. The van der Waals surface area contributed by atoms with Crippen molar-refractivity contribution in [3.05, 3.63) is 29.8 Å². The van der Waals surface area contributed by atoms with E-state index in [1.807, 2.05) is 5.32 Å². The second-order valence-electron chi connectivity index (χ2n) is 5.34. The number of sulfonamides is 1. The number of ether oxygens (including phenoxy) is 1. The van der Waals surface area contributed by atoms with Crippen LogP contribution in [0.3, 0.4) is 0 Å². The number of amides is 3. The molecule has 0 bridgehead atoms. The minimum atomic E-state index is -3.55. The van der Waals surface area contributed by atoms with Crippen molar-refractivity contribution in [1.82, 2.24) is 14.9 Å². The van der Waals surface area contributed by atoms with E-state index in [1.165, 1.54) is 35.6 Å². The Labute approximate surface area is 145 Å². The Hall–Kier alpha value is -2.46. The molecule has 0 aromatic heterocycles. The molecule has 10 heteroatoms. The molecule has 0 radical (unpaired) electrons. The molecular formula is C15H19N3O6S. The van der Waals surface area contributed by atoms with Gasteiger partial charge in [-0.2, -0.15) is 4.31 Å². The first-order valence-corrected chi connectivity index (χ1v) is 9.07. The van der Waals surface area contributed by atoms with E-state index in [4.69, 9.17) is 4.74 Å². The minimum absolute atomic E-state index is 0.100. The summed E-state index contributed by atoms with van der Waals surface area (Å²) in [6.45, 7) is 0.360. The molecule has 25 heavy (non-hydrogen) atoms. The zero-order chi connectivity index (χ0) is 18.4. The molecule has 1 aromatic rings. The molecule has 0 unspecified atom stereocenters. The minimum Gasteiger partial charge on any atom is -0.452 e. The van der Waals surface area contributed by atoms with Crippen molar-refractivity contribution in [2.45, 2.75) is 17.7 Å². The number of rotatable bonds is 5. The number of urea groups is 1. The molecule has 1 heterocycles. The van der Waals surface area contributed by atoms with Crippen LogP contribution < -0.4 is 10.6 Å². The second-order valence-corrected chi connectivity index (χ2v) is 7.28. The number of imide groups is 1. The van der Waals surface area contributed by atoms with Gasteiger partial charge in [0.05, 0.1) is 10.5 Å². The Kier molecular flexibility index (Phi) is 6.10. The molecule has 9 nitrogen and oxygen atoms in total. The first-order chi connectivity index (χ1) is 11.8. The molecule has 0 aliphatic carbocycles. The predicted octanol–water partition coefficient (Wildman–Crippen LogP) is 0.0835. The Morgan fingerprint density at radius 2 is 1.72 bits per heavy atom. The van der Waals surface area contributed by atoms with Crippen molar-refractivity contribution >= 4 is 27.9 Å². The molecule has 0 atom stereocenters. The summed E-state index contributed by atoms with van der Waals surface area (Å²) in [6, 6.07) is 4.59. The van der Waals surface area contributed by atoms with E-state index in [0.717, 1.165) is 12.8 Å². The van der Waals surface area contributed by atoms with Crippen molar-refractivity contribution in [3.8, 4) is 0 Å². The smallest absolute Gasteiger partial charge is 0.338 e. The highest BCUT2D eigenvalue weighted by Crippen LogP contribution is 2.21. The highest BCUT2D eigenvalue weighted by Gasteiger charge is 2.27. The van der Waals surface area contributed by atoms with E-state index in [1.54, 1.807) is 0 Å². The average molecular weight is 369 g/mol. The zero-order valence-electron chi connectivity index (χ0n) is 13.6. The first kappa shape index (κ1) is 18.9.